The van der Waals surface area contributed by atoms with E-state index in [1.807, 2.05) is 12.1 Å². The van der Waals surface area contributed by atoms with Crippen LogP contribution in [0, 0.1) is 0 Å². The summed E-state index contributed by atoms with van der Waals surface area (Å²) in [5, 5.41) is 9.07. The Balaban J connectivity index is 2.94. The second kappa shape index (κ2) is 6.26. The van der Waals surface area contributed by atoms with Crippen molar-refractivity contribution >= 4 is 5.97 Å². The Morgan fingerprint density at radius 1 is 1.50 bits per heavy atom. The molecule has 3 nitrogen and oxygen atoms in total. The van der Waals surface area contributed by atoms with E-state index in [-0.39, 0.29) is 5.69 Å². The number of aromatic nitrogens is 1. The first-order valence-electron chi connectivity index (χ1n) is 5.88. The summed E-state index contributed by atoms with van der Waals surface area (Å²) in [6.45, 7) is 4.24. The summed E-state index contributed by atoms with van der Waals surface area (Å²) in [7, 11) is 0. The Kier molecular flexibility index (Phi) is 4.96. The van der Waals surface area contributed by atoms with Crippen LogP contribution in [0.5, 0.6) is 0 Å². The molecule has 1 rings (SSSR count). The first kappa shape index (κ1) is 12.7. The van der Waals surface area contributed by atoms with Gasteiger partial charge in [0.25, 0.3) is 0 Å². The van der Waals surface area contributed by atoms with Crippen LogP contribution in [0.25, 0.3) is 0 Å². The van der Waals surface area contributed by atoms with Crippen LogP contribution >= 0.6 is 0 Å². The highest BCUT2D eigenvalue weighted by Gasteiger charge is 2.17. The Bertz CT molecular complexity index is 350. The van der Waals surface area contributed by atoms with Crippen LogP contribution < -0.4 is 0 Å². The highest BCUT2D eigenvalue weighted by atomic mass is 16.4. The fourth-order valence-electron chi connectivity index (χ4n) is 1.96. The normalized spacial score (nSPS) is 12.4. The van der Waals surface area contributed by atoms with Gasteiger partial charge in [0, 0.05) is 6.20 Å². The van der Waals surface area contributed by atoms with Crippen molar-refractivity contribution in [2.75, 3.05) is 0 Å². The average Bonchev–Trinajstić information content (AvgIpc) is 2.30. The molecule has 0 aliphatic carbocycles. The molecule has 1 aromatic heterocycles. The summed E-state index contributed by atoms with van der Waals surface area (Å²) in [4.78, 5) is 15.0. The lowest BCUT2D eigenvalue weighted by molar-refractivity contribution is 0.0688. The van der Waals surface area contributed by atoms with Gasteiger partial charge in [0.05, 0.1) is 0 Å². The van der Waals surface area contributed by atoms with Crippen LogP contribution in [0.1, 0.15) is 61.5 Å². The number of rotatable bonds is 6. The molecule has 0 spiro atoms. The maximum atomic E-state index is 11.1. The summed E-state index contributed by atoms with van der Waals surface area (Å²) < 4.78 is 0. The average molecular weight is 221 g/mol. The van der Waals surface area contributed by atoms with Gasteiger partial charge in [0.2, 0.25) is 0 Å². The quantitative estimate of drug-likeness (QED) is 0.800. The Morgan fingerprint density at radius 2 is 2.25 bits per heavy atom. The molecule has 1 aromatic rings. The number of carbonyl (C=O) groups is 1. The Labute approximate surface area is 96.5 Å². The number of aromatic carboxylic acids is 1. The molecule has 0 fully saturated rings. The van der Waals surface area contributed by atoms with E-state index in [4.69, 9.17) is 5.11 Å². The van der Waals surface area contributed by atoms with E-state index in [1.165, 1.54) is 0 Å². The van der Waals surface area contributed by atoms with Crippen molar-refractivity contribution in [1.29, 1.82) is 0 Å². The van der Waals surface area contributed by atoms with Crippen molar-refractivity contribution in [3.05, 3.63) is 29.6 Å². The van der Waals surface area contributed by atoms with Crippen molar-refractivity contribution < 1.29 is 9.90 Å². The molecule has 16 heavy (non-hydrogen) atoms. The van der Waals surface area contributed by atoms with Crippen LogP contribution in [0.3, 0.4) is 0 Å². The smallest absolute Gasteiger partial charge is 0.354 e. The molecule has 1 atom stereocenters. The number of pyridine rings is 1. The van der Waals surface area contributed by atoms with Gasteiger partial charge in [-0.15, -0.1) is 0 Å². The van der Waals surface area contributed by atoms with E-state index in [1.54, 1.807) is 6.20 Å². The third-order valence-electron chi connectivity index (χ3n) is 2.88. The number of unbranched alkanes of at least 4 members (excludes halogenated alkanes) is 1. The highest BCUT2D eigenvalue weighted by Crippen LogP contribution is 2.27. The number of hydrogen-bond acceptors (Lipinski definition) is 2. The summed E-state index contributed by atoms with van der Waals surface area (Å²) in [5.74, 6) is -0.606. The number of hydrogen-bond donors (Lipinski definition) is 1. The number of carboxylic acids is 1. The predicted molar refractivity (Wildman–Crippen MR) is 63.8 cm³/mol. The van der Waals surface area contributed by atoms with Gasteiger partial charge in [0.15, 0.2) is 5.69 Å². The first-order chi connectivity index (χ1) is 7.70. The third kappa shape index (κ3) is 3.05. The molecule has 1 N–H and O–H groups in total. The molecule has 0 aliphatic rings. The Morgan fingerprint density at radius 3 is 2.81 bits per heavy atom. The molecule has 88 valence electrons. The molecule has 0 amide bonds. The van der Waals surface area contributed by atoms with Crippen LogP contribution in [0.2, 0.25) is 0 Å². The van der Waals surface area contributed by atoms with Gasteiger partial charge >= 0.3 is 5.97 Å². The predicted octanol–water partition coefficient (Wildman–Crippen LogP) is 3.46. The summed E-state index contributed by atoms with van der Waals surface area (Å²) in [6, 6.07) is 3.71. The standard InChI is InChI=1S/C13H19NO2/c1-3-5-7-10(4-2)11-8-6-9-14-12(11)13(15)16/h6,8-10H,3-5,7H2,1-2H3,(H,15,16). The van der Waals surface area contributed by atoms with Crippen LogP contribution in [0.4, 0.5) is 0 Å². The Hall–Kier alpha value is -1.38. The van der Waals surface area contributed by atoms with Gasteiger partial charge in [-0.3, -0.25) is 0 Å². The fourth-order valence-corrected chi connectivity index (χ4v) is 1.96. The van der Waals surface area contributed by atoms with Gasteiger partial charge in [-0.05, 0) is 30.4 Å². The summed E-state index contributed by atoms with van der Waals surface area (Å²) in [5.41, 5.74) is 1.09. The number of nitrogens with zero attached hydrogens (tertiary/aromatic N) is 1. The van der Waals surface area contributed by atoms with Crippen molar-refractivity contribution in [1.82, 2.24) is 4.98 Å². The minimum absolute atomic E-state index is 0.213. The molecule has 1 heterocycles. The minimum atomic E-state index is -0.925. The zero-order valence-electron chi connectivity index (χ0n) is 9.94. The maximum absolute atomic E-state index is 11.1. The van der Waals surface area contributed by atoms with E-state index < -0.39 is 5.97 Å². The van der Waals surface area contributed by atoms with Crippen LogP contribution in [-0.4, -0.2) is 16.1 Å². The van der Waals surface area contributed by atoms with Gasteiger partial charge in [-0.2, -0.15) is 0 Å². The SMILES string of the molecule is CCCCC(CC)c1cccnc1C(=O)O. The molecule has 3 heteroatoms. The molecular weight excluding hydrogens is 202 g/mol. The van der Waals surface area contributed by atoms with Gasteiger partial charge in [0.1, 0.15) is 0 Å². The lowest BCUT2D eigenvalue weighted by Gasteiger charge is -2.16. The number of carboxylic acid groups (broad SMARTS) is 1. The largest absolute Gasteiger partial charge is 0.477 e. The van der Waals surface area contributed by atoms with Crippen molar-refractivity contribution in [2.45, 2.75) is 45.4 Å². The van der Waals surface area contributed by atoms with Crippen molar-refractivity contribution in [3.63, 3.8) is 0 Å². The monoisotopic (exact) mass is 221 g/mol. The lowest BCUT2D eigenvalue weighted by atomic mass is 9.90. The van der Waals surface area contributed by atoms with E-state index in [9.17, 15) is 4.79 Å². The fraction of sp³-hybridized carbons (Fsp3) is 0.538. The second-order valence-corrected chi connectivity index (χ2v) is 3.99. The molecule has 0 aliphatic heterocycles. The summed E-state index contributed by atoms with van der Waals surface area (Å²) >= 11 is 0. The molecule has 0 aromatic carbocycles. The molecule has 0 saturated heterocycles. The van der Waals surface area contributed by atoms with Crippen molar-refractivity contribution in [2.24, 2.45) is 0 Å². The van der Waals surface area contributed by atoms with Gasteiger partial charge < -0.3 is 5.11 Å². The van der Waals surface area contributed by atoms with E-state index >= 15 is 0 Å². The van der Waals surface area contributed by atoms with Gasteiger partial charge in [-0.1, -0.05) is 32.8 Å². The highest BCUT2D eigenvalue weighted by molar-refractivity contribution is 5.87. The zero-order chi connectivity index (χ0) is 12.0. The van der Waals surface area contributed by atoms with Crippen LogP contribution in [-0.2, 0) is 0 Å². The van der Waals surface area contributed by atoms with E-state index in [0.717, 1.165) is 31.2 Å². The molecular formula is C13H19NO2. The minimum Gasteiger partial charge on any atom is -0.477 e. The molecule has 0 saturated carbocycles. The summed E-state index contributed by atoms with van der Waals surface area (Å²) in [6.07, 6.45) is 5.82. The third-order valence-corrected chi connectivity index (χ3v) is 2.88. The molecule has 0 radical (unpaired) electrons. The van der Waals surface area contributed by atoms with Crippen LogP contribution in [0.15, 0.2) is 18.3 Å². The lowest BCUT2D eigenvalue weighted by Crippen LogP contribution is -2.09. The second-order valence-electron chi connectivity index (χ2n) is 3.99. The first-order valence-corrected chi connectivity index (χ1v) is 5.88. The van der Waals surface area contributed by atoms with E-state index in [2.05, 4.69) is 18.8 Å². The zero-order valence-corrected chi connectivity index (χ0v) is 9.94. The van der Waals surface area contributed by atoms with Crippen molar-refractivity contribution in [3.8, 4) is 0 Å². The topological polar surface area (TPSA) is 50.2 Å². The molecule has 0 bridgehead atoms. The maximum Gasteiger partial charge on any atom is 0.354 e. The van der Waals surface area contributed by atoms with E-state index in [0.29, 0.717) is 5.92 Å². The van der Waals surface area contributed by atoms with Gasteiger partial charge in [-0.25, -0.2) is 9.78 Å². The molecule has 1 unspecified atom stereocenters.